The number of sulfonamides is 1. The maximum Gasteiger partial charge on any atom is 0.261 e. The van der Waals surface area contributed by atoms with Crippen molar-refractivity contribution in [2.45, 2.75) is 24.9 Å². The second-order valence-corrected chi connectivity index (χ2v) is 5.96. The molecule has 5 nitrogen and oxygen atoms in total. The monoisotopic (exact) mass is 281 g/mol. The van der Waals surface area contributed by atoms with Gasteiger partial charge in [0.15, 0.2) is 5.03 Å². The number of hydrogen-bond donors (Lipinski definition) is 1. The van der Waals surface area contributed by atoms with Gasteiger partial charge in [0, 0.05) is 19.3 Å². The molecule has 0 aliphatic heterocycles. The quantitative estimate of drug-likeness (QED) is 0.752. The average molecular weight is 281 g/mol. The van der Waals surface area contributed by atoms with Crippen LogP contribution in [0, 0.1) is 12.3 Å². The van der Waals surface area contributed by atoms with E-state index in [9.17, 15) is 8.42 Å². The lowest BCUT2D eigenvalue weighted by Gasteiger charge is -2.18. The molecule has 0 unspecified atom stereocenters. The van der Waals surface area contributed by atoms with Crippen molar-refractivity contribution < 1.29 is 8.42 Å². The molecule has 0 fully saturated rings. The van der Waals surface area contributed by atoms with E-state index in [4.69, 9.17) is 6.42 Å². The summed E-state index contributed by atoms with van der Waals surface area (Å²) in [4.78, 5) is 4.02. The van der Waals surface area contributed by atoms with Crippen LogP contribution in [0.5, 0.6) is 0 Å². The summed E-state index contributed by atoms with van der Waals surface area (Å²) in [5, 5.41) is 3.02. The highest BCUT2D eigenvalue weighted by Crippen LogP contribution is 2.13. The van der Waals surface area contributed by atoms with E-state index >= 15 is 0 Å². The molecule has 6 heteroatoms. The first-order valence-electron chi connectivity index (χ1n) is 6.09. The molecule has 0 saturated carbocycles. The predicted octanol–water partition coefficient (Wildman–Crippen LogP) is 0.835. The third-order valence-corrected chi connectivity index (χ3v) is 4.28. The largest absolute Gasteiger partial charge is 0.316 e. The average Bonchev–Trinajstić information content (AvgIpc) is 2.39. The van der Waals surface area contributed by atoms with Gasteiger partial charge in [0.05, 0.1) is 6.54 Å². The van der Waals surface area contributed by atoms with Crippen LogP contribution < -0.4 is 5.32 Å². The van der Waals surface area contributed by atoms with Crippen molar-refractivity contribution in [2.24, 2.45) is 0 Å². The molecule has 0 aromatic carbocycles. The van der Waals surface area contributed by atoms with E-state index in [2.05, 4.69) is 16.2 Å². The minimum absolute atomic E-state index is 0.0380. The van der Waals surface area contributed by atoms with Gasteiger partial charge in [-0.15, -0.1) is 6.42 Å². The number of nitrogens with one attached hydrogen (secondary N) is 1. The fourth-order valence-corrected chi connectivity index (χ4v) is 3.00. The third-order valence-electron chi connectivity index (χ3n) is 2.52. The topological polar surface area (TPSA) is 62.3 Å². The van der Waals surface area contributed by atoms with E-state index in [1.165, 1.54) is 10.4 Å². The van der Waals surface area contributed by atoms with Crippen molar-refractivity contribution >= 4 is 10.0 Å². The molecular formula is C13H19N3O2S. The summed E-state index contributed by atoms with van der Waals surface area (Å²) in [6.07, 6.45) is 7.48. The Hall–Kier alpha value is -1.42. The smallest absolute Gasteiger partial charge is 0.261 e. The van der Waals surface area contributed by atoms with Crippen LogP contribution in [0.1, 0.15) is 18.9 Å². The second-order valence-electron chi connectivity index (χ2n) is 4.08. The van der Waals surface area contributed by atoms with Crippen LogP contribution in [0.25, 0.3) is 0 Å². The zero-order valence-corrected chi connectivity index (χ0v) is 12.1. The van der Waals surface area contributed by atoms with Crippen LogP contribution in [-0.2, 0) is 16.6 Å². The van der Waals surface area contributed by atoms with E-state index < -0.39 is 10.0 Å². The Morgan fingerprint density at radius 1 is 1.47 bits per heavy atom. The lowest BCUT2D eigenvalue weighted by Crippen LogP contribution is -2.32. The van der Waals surface area contributed by atoms with Gasteiger partial charge >= 0.3 is 0 Å². The SMILES string of the molecule is C#CCN(CCC)S(=O)(=O)c1ccc(CNC)cn1. The third kappa shape index (κ3) is 4.03. The summed E-state index contributed by atoms with van der Waals surface area (Å²) >= 11 is 0. The lowest BCUT2D eigenvalue weighted by molar-refractivity contribution is 0.443. The molecule has 1 heterocycles. The zero-order valence-electron chi connectivity index (χ0n) is 11.3. The van der Waals surface area contributed by atoms with Crippen LogP contribution in [0.15, 0.2) is 23.4 Å². The first-order valence-corrected chi connectivity index (χ1v) is 7.53. The highest BCUT2D eigenvalue weighted by Gasteiger charge is 2.24. The highest BCUT2D eigenvalue weighted by atomic mass is 32.2. The van der Waals surface area contributed by atoms with E-state index in [0.29, 0.717) is 19.5 Å². The lowest BCUT2D eigenvalue weighted by atomic mass is 10.3. The fourth-order valence-electron chi connectivity index (χ4n) is 1.64. The number of hydrogen-bond acceptors (Lipinski definition) is 4. The van der Waals surface area contributed by atoms with E-state index in [1.807, 2.05) is 14.0 Å². The number of pyridine rings is 1. The van der Waals surface area contributed by atoms with Gasteiger partial charge in [-0.3, -0.25) is 0 Å². The summed E-state index contributed by atoms with van der Waals surface area (Å²) in [7, 11) is -1.78. The van der Waals surface area contributed by atoms with Crippen molar-refractivity contribution in [3.63, 3.8) is 0 Å². The van der Waals surface area contributed by atoms with Crippen molar-refractivity contribution in [3.8, 4) is 12.3 Å². The highest BCUT2D eigenvalue weighted by molar-refractivity contribution is 7.89. The summed E-state index contributed by atoms with van der Waals surface area (Å²) in [5.41, 5.74) is 0.931. The minimum Gasteiger partial charge on any atom is -0.316 e. The van der Waals surface area contributed by atoms with E-state index in [1.54, 1.807) is 12.3 Å². The normalized spacial score (nSPS) is 11.5. The standard InChI is InChI=1S/C13H19N3O2S/c1-4-8-16(9-5-2)19(17,18)13-7-6-12(10-14-3)11-15-13/h1,6-7,11,14H,5,8-10H2,2-3H3. The van der Waals surface area contributed by atoms with Gasteiger partial charge in [-0.2, -0.15) is 4.31 Å². The molecule has 0 atom stereocenters. The molecule has 19 heavy (non-hydrogen) atoms. The van der Waals surface area contributed by atoms with Crippen LogP contribution in [0.4, 0.5) is 0 Å². The Morgan fingerprint density at radius 2 is 2.21 bits per heavy atom. The Kier molecular flexibility index (Phi) is 5.96. The molecule has 0 spiro atoms. The van der Waals surface area contributed by atoms with Crippen molar-refractivity contribution in [3.05, 3.63) is 23.9 Å². The maximum atomic E-state index is 12.3. The number of rotatable bonds is 7. The van der Waals surface area contributed by atoms with Crippen LogP contribution >= 0.6 is 0 Å². The maximum absolute atomic E-state index is 12.3. The van der Waals surface area contributed by atoms with Gasteiger partial charge in [0.25, 0.3) is 10.0 Å². The van der Waals surface area contributed by atoms with Crippen LogP contribution in [0.2, 0.25) is 0 Å². The van der Waals surface area contributed by atoms with Gasteiger partial charge in [0.1, 0.15) is 0 Å². The first kappa shape index (κ1) is 15.6. The summed E-state index contributed by atoms with van der Waals surface area (Å²) in [6, 6.07) is 3.26. The van der Waals surface area contributed by atoms with Gasteiger partial charge in [-0.05, 0) is 25.1 Å². The van der Waals surface area contributed by atoms with Gasteiger partial charge in [-0.1, -0.05) is 18.9 Å². The Labute approximate surface area is 115 Å². The van der Waals surface area contributed by atoms with E-state index in [-0.39, 0.29) is 11.6 Å². The molecular weight excluding hydrogens is 262 g/mol. The number of terminal acetylenes is 1. The predicted molar refractivity (Wildman–Crippen MR) is 74.9 cm³/mol. The molecule has 1 aromatic heterocycles. The molecule has 0 aliphatic rings. The van der Waals surface area contributed by atoms with Crippen molar-refractivity contribution in [1.82, 2.24) is 14.6 Å². The molecule has 0 aliphatic carbocycles. The van der Waals surface area contributed by atoms with Gasteiger partial charge in [-0.25, -0.2) is 13.4 Å². The molecule has 104 valence electrons. The van der Waals surface area contributed by atoms with Gasteiger partial charge in [0.2, 0.25) is 0 Å². The molecule has 1 aromatic rings. The molecule has 0 amide bonds. The summed E-state index contributed by atoms with van der Waals surface area (Å²) in [6.45, 7) is 3.02. The summed E-state index contributed by atoms with van der Waals surface area (Å²) < 4.78 is 25.9. The first-order chi connectivity index (χ1) is 9.06. The molecule has 0 radical (unpaired) electrons. The van der Waals surface area contributed by atoms with Crippen molar-refractivity contribution in [2.75, 3.05) is 20.1 Å². The Balaban J connectivity index is 3.01. The molecule has 0 saturated heterocycles. The Bertz CT molecular complexity index is 532. The molecule has 1 N–H and O–H groups in total. The van der Waals surface area contributed by atoms with Gasteiger partial charge < -0.3 is 5.32 Å². The molecule has 0 bridgehead atoms. The van der Waals surface area contributed by atoms with Crippen LogP contribution in [-0.4, -0.2) is 37.8 Å². The zero-order chi connectivity index (χ0) is 14.3. The Morgan fingerprint density at radius 3 is 2.68 bits per heavy atom. The number of nitrogens with zero attached hydrogens (tertiary/aromatic N) is 2. The molecule has 1 rings (SSSR count). The number of aromatic nitrogens is 1. The van der Waals surface area contributed by atoms with Crippen LogP contribution in [0.3, 0.4) is 0 Å². The van der Waals surface area contributed by atoms with E-state index in [0.717, 1.165) is 5.56 Å². The second kappa shape index (κ2) is 7.24. The minimum atomic E-state index is -3.60. The fraction of sp³-hybridized carbons (Fsp3) is 0.462. The summed E-state index contributed by atoms with van der Waals surface area (Å²) in [5.74, 6) is 2.37. The van der Waals surface area contributed by atoms with Crippen molar-refractivity contribution in [1.29, 1.82) is 0 Å².